The number of hydrogen-bond donors (Lipinski definition) is 2. The molecule has 230 valence electrons. The minimum absolute atomic E-state index is 0.111. The van der Waals surface area contributed by atoms with E-state index >= 15 is 0 Å². The molecule has 0 radical (unpaired) electrons. The van der Waals surface area contributed by atoms with Crippen LogP contribution < -0.4 is 9.64 Å². The zero-order chi connectivity index (χ0) is 30.9. The number of ether oxygens (including phenoxy) is 2. The fourth-order valence-electron chi connectivity index (χ4n) is 6.36. The van der Waals surface area contributed by atoms with Crippen molar-refractivity contribution >= 4 is 11.7 Å². The highest BCUT2D eigenvalue weighted by molar-refractivity contribution is 5.88. The molecule has 2 atom stereocenters. The third-order valence-corrected chi connectivity index (χ3v) is 8.70. The van der Waals surface area contributed by atoms with Gasteiger partial charge in [-0.25, -0.2) is 4.79 Å². The van der Waals surface area contributed by atoms with Crippen LogP contribution in [0.4, 0.5) is 5.69 Å². The molecule has 3 heterocycles. The molecule has 7 heteroatoms. The van der Waals surface area contributed by atoms with Crippen molar-refractivity contribution in [2.75, 3.05) is 18.0 Å². The van der Waals surface area contributed by atoms with Gasteiger partial charge < -0.3 is 24.6 Å². The van der Waals surface area contributed by atoms with Gasteiger partial charge >= 0.3 is 5.97 Å². The topological polar surface area (TPSA) is 92.1 Å². The number of carboxylic acids is 1. The number of aliphatic carboxylic acids is 1. The van der Waals surface area contributed by atoms with E-state index in [0.717, 1.165) is 73.3 Å². The summed E-state index contributed by atoms with van der Waals surface area (Å²) in [7, 11) is 0. The molecule has 0 spiro atoms. The standard InChI is InChI=1S/C36H46N2O5/c1-23-30(33(34(40)41)43-35(2,3)4)32(38-18-16-36(5,6)17-19-38)31(28(22-39)37-23)26-13-15-29-25(21-26)12-14-27(42-29)20-24-10-8-7-9-11-24/h7-11,13,15,21,27,33,39H,12,14,16-20,22H2,1-6H3,(H,40,41)/t27?,33-/m0/s1. The highest BCUT2D eigenvalue weighted by Gasteiger charge is 2.37. The minimum Gasteiger partial charge on any atom is -0.490 e. The molecular formula is C36H46N2O5. The summed E-state index contributed by atoms with van der Waals surface area (Å²) >= 11 is 0. The molecule has 1 fully saturated rings. The number of carboxylic acid groups (broad SMARTS) is 1. The number of hydrogen-bond acceptors (Lipinski definition) is 6. The van der Waals surface area contributed by atoms with Crippen molar-refractivity contribution in [3.63, 3.8) is 0 Å². The van der Waals surface area contributed by atoms with Gasteiger partial charge in [0.1, 0.15) is 11.9 Å². The van der Waals surface area contributed by atoms with Gasteiger partial charge in [-0.3, -0.25) is 4.98 Å². The largest absolute Gasteiger partial charge is 0.490 e. The van der Waals surface area contributed by atoms with Gasteiger partial charge in [-0.05, 0) is 87.6 Å². The summed E-state index contributed by atoms with van der Waals surface area (Å²) in [5.74, 6) is -0.174. The Bertz CT molecular complexity index is 1450. The molecule has 2 aliphatic rings. The molecule has 7 nitrogen and oxygen atoms in total. The molecule has 3 aromatic rings. The Kier molecular flexibility index (Phi) is 8.87. The zero-order valence-electron chi connectivity index (χ0n) is 26.4. The maximum atomic E-state index is 12.8. The number of nitrogens with zero attached hydrogens (tertiary/aromatic N) is 2. The van der Waals surface area contributed by atoms with E-state index in [1.54, 1.807) is 0 Å². The minimum atomic E-state index is -1.20. The Hall–Kier alpha value is -3.42. The Morgan fingerprint density at radius 2 is 1.84 bits per heavy atom. The number of piperidine rings is 1. The predicted molar refractivity (Wildman–Crippen MR) is 170 cm³/mol. The number of carbonyl (C=O) groups is 1. The maximum Gasteiger partial charge on any atom is 0.337 e. The molecule has 2 aromatic carbocycles. The van der Waals surface area contributed by atoms with E-state index in [1.165, 1.54) is 5.56 Å². The Morgan fingerprint density at radius 3 is 2.47 bits per heavy atom. The number of benzene rings is 2. The van der Waals surface area contributed by atoms with Gasteiger partial charge in [0.15, 0.2) is 6.10 Å². The molecule has 43 heavy (non-hydrogen) atoms. The lowest BCUT2D eigenvalue weighted by atomic mass is 9.81. The fraction of sp³-hybridized carbons (Fsp3) is 0.500. The van der Waals surface area contributed by atoms with Crippen molar-refractivity contribution in [1.82, 2.24) is 4.98 Å². The van der Waals surface area contributed by atoms with Crippen LogP contribution in [0.1, 0.15) is 88.1 Å². The summed E-state index contributed by atoms with van der Waals surface area (Å²) in [6.45, 7) is 13.3. The Labute approximate surface area is 255 Å². The quantitative estimate of drug-likeness (QED) is 0.292. The third kappa shape index (κ3) is 7.05. The fourth-order valence-corrected chi connectivity index (χ4v) is 6.36. The lowest BCUT2D eigenvalue weighted by Gasteiger charge is -2.41. The van der Waals surface area contributed by atoms with Crippen LogP contribution in [0, 0.1) is 12.3 Å². The molecule has 2 aliphatic heterocycles. The summed E-state index contributed by atoms with van der Waals surface area (Å²) in [4.78, 5) is 19.9. The maximum absolute atomic E-state index is 12.8. The van der Waals surface area contributed by atoms with Gasteiger partial charge in [-0.2, -0.15) is 0 Å². The van der Waals surface area contributed by atoms with Gasteiger partial charge in [0.2, 0.25) is 0 Å². The SMILES string of the molecule is Cc1nc(CO)c(-c2ccc3c(c2)CCC(Cc2ccccc2)O3)c(N2CCC(C)(C)CC2)c1[C@H](OC(C)(C)C)C(=O)O. The van der Waals surface area contributed by atoms with E-state index in [9.17, 15) is 15.0 Å². The normalized spacial score (nSPS) is 19.0. The first-order valence-electron chi connectivity index (χ1n) is 15.5. The van der Waals surface area contributed by atoms with Crippen LogP contribution >= 0.6 is 0 Å². The highest BCUT2D eigenvalue weighted by atomic mass is 16.5. The number of rotatable bonds is 8. The third-order valence-electron chi connectivity index (χ3n) is 8.70. The van der Waals surface area contributed by atoms with Crippen LogP contribution in [-0.2, 0) is 29.0 Å². The van der Waals surface area contributed by atoms with E-state index in [1.807, 2.05) is 45.9 Å². The second kappa shape index (κ2) is 12.3. The summed E-state index contributed by atoms with van der Waals surface area (Å²) in [5, 5.41) is 21.1. The molecular weight excluding hydrogens is 540 g/mol. The molecule has 0 aliphatic carbocycles. The van der Waals surface area contributed by atoms with Crippen LogP contribution in [0.5, 0.6) is 5.75 Å². The zero-order valence-corrected chi connectivity index (χ0v) is 26.4. The van der Waals surface area contributed by atoms with Gasteiger partial charge in [-0.15, -0.1) is 0 Å². The smallest absolute Gasteiger partial charge is 0.337 e. The van der Waals surface area contributed by atoms with Crippen molar-refractivity contribution in [3.8, 4) is 16.9 Å². The van der Waals surface area contributed by atoms with Crippen molar-refractivity contribution in [2.24, 2.45) is 5.41 Å². The number of aliphatic hydroxyl groups excluding tert-OH is 1. The van der Waals surface area contributed by atoms with Crippen molar-refractivity contribution in [1.29, 1.82) is 0 Å². The summed E-state index contributed by atoms with van der Waals surface area (Å²) < 4.78 is 12.7. The number of fused-ring (bicyclic) bond motifs is 1. The van der Waals surface area contributed by atoms with Crippen LogP contribution in [0.15, 0.2) is 48.5 Å². The van der Waals surface area contributed by atoms with E-state index in [2.05, 4.69) is 49.1 Å². The summed E-state index contributed by atoms with van der Waals surface area (Å²) in [5.41, 5.74) is 6.04. The van der Waals surface area contributed by atoms with Gasteiger partial charge in [0.25, 0.3) is 0 Å². The van der Waals surface area contributed by atoms with Gasteiger partial charge in [-0.1, -0.05) is 50.2 Å². The number of pyridine rings is 1. The van der Waals surface area contributed by atoms with Gasteiger partial charge in [0, 0.05) is 36.3 Å². The van der Waals surface area contributed by atoms with Crippen LogP contribution in [0.3, 0.4) is 0 Å². The molecule has 0 bridgehead atoms. The van der Waals surface area contributed by atoms with Crippen LogP contribution in [-0.4, -0.2) is 46.0 Å². The Morgan fingerprint density at radius 1 is 1.14 bits per heavy atom. The first kappa shape index (κ1) is 31.0. The van der Waals surface area contributed by atoms with Crippen LogP contribution in [0.25, 0.3) is 11.1 Å². The second-order valence-corrected chi connectivity index (χ2v) is 13.8. The lowest BCUT2D eigenvalue weighted by Crippen LogP contribution is -2.39. The highest BCUT2D eigenvalue weighted by Crippen LogP contribution is 2.46. The molecule has 0 amide bonds. The predicted octanol–water partition coefficient (Wildman–Crippen LogP) is 7.05. The van der Waals surface area contributed by atoms with Crippen molar-refractivity contribution < 1.29 is 24.5 Å². The van der Waals surface area contributed by atoms with Crippen molar-refractivity contribution in [3.05, 3.63) is 76.6 Å². The Balaban J connectivity index is 1.61. The number of aliphatic hydroxyl groups is 1. The molecule has 1 aromatic heterocycles. The summed E-state index contributed by atoms with van der Waals surface area (Å²) in [6, 6.07) is 16.6. The van der Waals surface area contributed by atoms with Crippen molar-refractivity contribution in [2.45, 2.75) is 98.1 Å². The summed E-state index contributed by atoms with van der Waals surface area (Å²) in [6.07, 6.45) is 3.50. The van der Waals surface area contributed by atoms with Gasteiger partial charge in [0.05, 0.1) is 23.6 Å². The molecule has 1 saturated heterocycles. The average molecular weight is 587 g/mol. The van der Waals surface area contributed by atoms with E-state index in [4.69, 9.17) is 14.5 Å². The van der Waals surface area contributed by atoms with E-state index < -0.39 is 17.7 Å². The van der Waals surface area contributed by atoms with E-state index in [0.29, 0.717) is 17.0 Å². The second-order valence-electron chi connectivity index (χ2n) is 13.8. The molecule has 2 N–H and O–H groups in total. The van der Waals surface area contributed by atoms with E-state index in [-0.39, 0.29) is 18.1 Å². The molecule has 0 saturated carbocycles. The van der Waals surface area contributed by atoms with Crippen LogP contribution in [0.2, 0.25) is 0 Å². The average Bonchev–Trinajstić information content (AvgIpc) is 2.95. The number of anilines is 1. The molecule has 5 rings (SSSR count). The number of aromatic nitrogens is 1. The first-order valence-corrected chi connectivity index (χ1v) is 15.5. The lowest BCUT2D eigenvalue weighted by molar-refractivity contribution is -0.160. The molecule has 1 unspecified atom stereocenters. The number of aryl methyl sites for hydroxylation is 2. The monoisotopic (exact) mass is 586 g/mol. The first-order chi connectivity index (χ1) is 20.3.